The highest BCUT2D eigenvalue weighted by atomic mass is 32.1. The molecule has 14 heavy (non-hydrogen) atoms. The molecular weight excluding hydrogens is 198 g/mol. The van der Waals surface area contributed by atoms with Crippen molar-refractivity contribution in [3.05, 3.63) is 24.3 Å². The van der Waals surface area contributed by atoms with Gasteiger partial charge in [-0.1, -0.05) is 0 Å². The number of anilines is 1. The Morgan fingerprint density at radius 1 is 1.50 bits per heavy atom. The fourth-order valence-corrected chi connectivity index (χ4v) is 1.22. The van der Waals surface area contributed by atoms with Crippen LogP contribution in [0, 0.1) is 0 Å². The predicted octanol–water partition coefficient (Wildman–Crippen LogP) is 0.967. The number of hydrogen-bond donors (Lipinski definition) is 3. The number of phenols is 1. The summed E-state index contributed by atoms with van der Waals surface area (Å²) in [6.07, 6.45) is 0. The Kier molecular flexibility index (Phi) is 3.67. The Labute approximate surface area is 88.3 Å². The summed E-state index contributed by atoms with van der Waals surface area (Å²) in [6.45, 7) is 2.67. The number of thiocarbonyl (C=S) groups is 1. The van der Waals surface area contributed by atoms with Crippen molar-refractivity contribution in [2.24, 2.45) is 5.84 Å². The Morgan fingerprint density at radius 3 is 2.57 bits per heavy atom. The van der Waals surface area contributed by atoms with Crippen LogP contribution in [0.3, 0.4) is 0 Å². The van der Waals surface area contributed by atoms with E-state index in [1.807, 2.05) is 6.92 Å². The van der Waals surface area contributed by atoms with Gasteiger partial charge in [0.05, 0.1) is 5.69 Å². The molecule has 5 heteroatoms. The normalized spacial score (nSPS) is 9.57. The maximum absolute atomic E-state index is 9.07. The summed E-state index contributed by atoms with van der Waals surface area (Å²) in [5.41, 5.74) is 0.730. The minimum atomic E-state index is 0.205. The molecule has 4 N–H and O–H groups in total. The molecule has 0 aliphatic carbocycles. The summed E-state index contributed by atoms with van der Waals surface area (Å²) >= 11 is 5.02. The second-order valence-corrected chi connectivity index (χ2v) is 3.11. The third kappa shape index (κ3) is 2.58. The quantitative estimate of drug-likeness (QED) is 0.386. The number of aromatic hydroxyl groups is 1. The first-order valence-corrected chi connectivity index (χ1v) is 4.67. The molecule has 0 saturated heterocycles. The number of benzene rings is 1. The molecule has 0 heterocycles. The lowest BCUT2D eigenvalue weighted by atomic mass is 10.3. The van der Waals surface area contributed by atoms with Crippen LogP contribution in [-0.4, -0.2) is 16.8 Å². The standard InChI is InChI=1S/C9H13N3OS/c1-2-11-9(14)12(10)7-3-5-8(13)6-4-7/h3-6,13H,2,10H2,1H3,(H,11,14). The topological polar surface area (TPSA) is 61.5 Å². The van der Waals surface area contributed by atoms with Gasteiger partial charge in [-0.3, -0.25) is 5.01 Å². The molecule has 0 saturated carbocycles. The maximum atomic E-state index is 9.07. The zero-order valence-corrected chi connectivity index (χ0v) is 8.71. The van der Waals surface area contributed by atoms with E-state index < -0.39 is 0 Å². The molecular formula is C9H13N3OS. The highest BCUT2D eigenvalue weighted by Crippen LogP contribution is 2.15. The second kappa shape index (κ2) is 4.78. The highest BCUT2D eigenvalue weighted by molar-refractivity contribution is 7.80. The lowest BCUT2D eigenvalue weighted by Gasteiger charge is -2.19. The van der Waals surface area contributed by atoms with Crippen LogP contribution in [0.1, 0.15) is 6.92 Å². The van der Waals surface area contributed by atoms with Crippen LogP contribution < -0.4 is 16.2 Å². The van der Waals surface area contributed by atoms with E-state index in [0.29, 0.717) is 5.11 Å². The summed E-state index contributed by atoms with van der Waals surface area (Å²) < 4.78 is 0. The molecule has 0 fully saturated rings. The van der Waals surface area contributed by atoms with Crippen LogP contribution >= 0.6 is 12.2 Å². The van der Waals surface area contributed by atoms with Gasteiger partial charge in [0.1, 0.15) is 5.75 Å². The van der Waals surface area contributed by atoms with Gasteiger partial charge in [-0.05, 0) is 43.4 Å². The average molecular weight is 211 g/mol. The van der Waals surface area contributed by atoms with E-state index in [-0.39, 0.29) is 5.75 Å². The van der Waals surface area contributed by atoms with Crippen molar-refractivity contribution >= 4 is 23.0 Å². The lowest BCUT2D eigenvalue weighted by Crippen LogP contribution is -2.44. The molecule has 0 aromatic heterocycles. The van der Waals surface area contributed by atoms with E-state index in [1.165, 1.54) is 5.01 Å². The first-order valence-electron chi connectivity index (χ1n) is 4.27. The van der Waals surface area contributed by atoms with Crippen LogP contribution in [0.25, 0.3) is 0 Å². The first-order chi connectivity index (χ1) is 6.65. The van der Waals surface area contributed by atoms with Crippen LogP contribution in [0.2, 0.25) is 0 Å². The third-order valence-electron chi connectivity index (χ3n) is 1.67. The Balaban J connectivity index is 2.73. The van der Waals surface area contributed by atoms with Crippen LogP contribution in [-0.2, 0) is 0 Å². The largest absolute Gasteiger partial charge is 0.508 e. The zero-order valence-electron chi connectivity index (χ0n) is 7.90. The molecule has 0 unspecified atom stereocenters. The van der Waals surface area contributed by atoms with Gasteiger partial charge in [0.15, 0.2) is 5.11 Å². The fourth-order valence-electron chi connectivity index (χ4n) is 0.967. The van der Waals surface area contributed by atoms with E-state index in [2.05, 4.69) is 5.32 Å². The van der Waals surface area contributed by atoms with Gasteiger partial charge in [0.2, 0.25) is 0 Å². The smallest absolute Gasteiger partial charge is 0.188 e. The van der Waals surface area contributed by atoms with Crippen molar-refractivity contribution in [2.75, 3.05) is 11.6 Å². The third-order valence-corrected chi connectivity index (χ3v) is 2.02. The number of nitrogens with one attached hydrogen (secondary N) is 1. The summed E-state index contributed by atoms with van der Waals surface area (Å²) in [5, 5.41) is 13.8. The number of phenolic OH excluding ortho intramolecular Hbond substituents is 1. The predicted molar refractivity (Wildman–Crippen MR) is 61.0 cm³/mol. The molecule has 4 nitrogen and oxygen atoms in total. The van der Waals surface area contributed by atoms with Gasteiger partial charge in [0, 0.05) is 6.54 Å². The number of hydrazine groups is 1. The Hall–Kier alpha value is -1.33. The lowest BCUT2D eigenvalue weighted by molar-refractivity contribution is 0.475. The number of nitrogens with two attached hydrogens (primary N) is 1. The summed E-state index contributed by atoms with van der Waals surface area (Å²) in [6, 6.07) is 6.51. The Morgan fingerprint density at radius 2 is 2.07 bits per heavy atom. The van der Waals surface area contributed by atoms with Gasteiger partial charge in [-0.2, -0.15) is 0 Å². The van der Waals surface area contributed by atoms with E-state index in [4.69, 9.17) is 23.2 Å². The number of nitrogens with zero attached hydrogens (tertiary/aromatic N) is 1. The minimum absolute atomic E-state index is 0.205. The number of hydrogen-bond acceptors (Lipinski definition) is 3. The molecule has 1 aromatic carbocycles. The number of rotatable bonds is 2. The van der Waals surface area contributed by atoms with E-state index >= 15 is 0 Å². The fraction of sp³-hybridized carbons (Fsp3) is 0.222. The molecule has 0 aliphatic heterocycles. The van der Waals surface area contributed by atoms with Gasteiger partial charge in [0.25, 0.3) is 0 Å². The molecule has 0 spiro atoms. The van der Waals surface area contributed by atoms with Crippen molar-refractivity contribution in [2.45, 2.75) is 6.92 Å². The molecule has 0 aliphatic rings. The van der Waals surface area contributed by atoms with E-state index in [9.17, 15) is 0 Å². The molecule has 0 radical (unpaired) electrons. The summed E-state index contributed by atoms with van der Waals surface area (Å²) in [7, 11) is 0. The van der Waals surface area contributed by atoms with Gasteiger partial charge < -0.3 is 10.4 Å². The van der Waals surface area contributed by atoms with E-state index in [0.717, 1.165) is 12.2 Å². The average Bonchev–Trinajstić information content (AvgIpc) is 2.18. The second-order valence-electron chi connectivity index (χ2n) is 2.72. The van der Waals surface area contributed by atoms with Gasteiger partial charge in [-0.15, -0.1) is 0 Å². The minimum Gasteiger partial charge on any atom is -0.508 e. The van der Waals surface area contributed by atoms with Gasteiger partial charge >= 0.3 is 0 Å². The Bertz CT molecular complexity index is 312. The molecule has 0 atom stereocenters. The molecule has 0 bridgehead atoms. The van der Waals surface area contributed by atoms with Gasteiger partial charge in [-0.25, -0.2) is 5.84 Å². The SMILES string of the molecule is CCNC(=S)N(N)c1ccc(O)cc1. The summed E-state index contributed by atoms with van der Waals surface area (Å²) in [5.74, 6) is 5.93. The summed E-state index contributed by atoms with van der Waals surface area (Å²) in [4.78, 5) is 0. The van der Waals surface area contributed by atoms with Crippen molar-refractivity contribution in [1.29, 1.82) is 0 Å². The molecule has 1 rings (SSSR count). The maximum Gasteiger partial charge on any atom is 0.188 e. The highest BCUT2D eigenvalue weighted by Gasteiger charge is 2.05. The zero-order chi connectivity index (χ0) is 10.6. The van der Waals surface area contributed by atoms with Crippen molar-refractivity contribution in [3.8, 4) is 5.75 Å². The molecule has 0 amide bonds. The van der Waals surface area contributed by atoms with Crippen LogP contribution in [0.5, 0.6) is 5.75 Å². The monoisotopic (exact) mass is 211 g/mol. The first kappa shape index (κ1) is 10.7. The molecule has 76 valence electrons. The molecule has 1 aromatic rings. The van der Waals surface area contributed by atoms with E-state index in [1.54, 1.807) is 24.3 Å². The van der Waals surface area contributed by atoms with Crippen LogP contribution in [0.15, 0.2) is 24.3 Å². The van der Waals surface area contributed by atoms with Crippen molar-refractivity contribution in [3.63, 3.8) is 0 Å². The van der Waals surface area contributed by atoms with Crippen molar-refractivity contribution in [1.82, 2.24) is 5.32 Å². The van der Waals surface area contributed by atoms with Crippen molar-refractivity contribution < 1.29 is 5.11 Å². The van der Waals surface area contributed by atoms with Crippen LogP contribution in [0.4, 0.5) is 5.69 Å².